The zero-order chi connectivity index (χ0) is 24.1. The highest BCUT2D eigenvalue weighted by molar-refractivity contribution is 6.09. The van der Waals surface area contributed by atoms with Crippen LogP contribution < -0.4 is 21.9 Å². The SMILES string of the molecule is COCCCN(C(=O)c1ccc2ccccc2c1)c1c(N)n(Cc2ccccc2)c(=O)[nH]c1=O. The Hall–Kier alpha value is -4.17. The van der Waals surface area contributed by atoms with Gasteiger partial charge in [0.15, 0.2) is 5.69 Å². The van der Waals surface area contributed by atoms with Crippen molar-refractivity contribution in [3.05, 3.63) is 105 Å². The molecule has 0 radical (unpaired) electrons. The molecule has 8 nitrogen and oxygen atoms in total. The van der Waals surface area contributed by atoms with E-state index in [9.17, 15) is 14.4 Å². The molecule has 3 aromatic carbocycles. The number of benzene rings is 3. The summed E-state index contributed by atoms with van der Waals surface area (Å²) in [5.74, 6) is -0.451. The number of aromatic amines is 1. The van der Waals surface area contributed by atoms with Crippen LogP contribution in [0.4, 0.5) is 11.5 Å². The number of carbonyl (C=O) groups is 1. The van der Waals surface area contributed by atoms with Crippen LogP contribution in [0, 0.1) is 0 Å². The second kappa shape index (κ2) is 10.2. The van der Waals surface area contributed by atoms with Crippen molar-refractivity contribution in [1.29, 1.82) is 0 Å². The molecule has 0 saturated carbocycles. The van der Waals surface area contributed by atoms with Crippen LogP contribution in [-0.4, -0.2) is 35.7 Å². The van der Waals surface area contributed by atoms with Gasteiger partial charge >= 0.3 is 5.69 Å². The van der Waals surface area contributed by atoms with Crippen molar-refractivity contribution in [1.82, 2.24) is 9.55 Å². The third-order valence-electron chi connectivity index (χ3n) is 5.64. The van der Waals surface area contributed by atoms with Gasteiger partial charge < -0.3 is 15.4 Å². The molecular weight excluding hydrogens is 432 g/mol. The molecule has 8 heteroatoms. The Balaban J connectivity index is 1.79. The van der Waals surface area contributed by atoms with E-state index in [-0.39, 0.29) is 30.5 Å². The number of nitrogens with two attached hydrogens (primary N) is 1. The van der Waals surface area contributed by atoms with Gasteiger partial charge in [-0.1, -0.05) is 60.7 Å². The molecule has 0 aliphatic heterocycles. The third-order valence-corrected chi connectivity index (χ3v) is 5.64. The fourth-order valence-electron chi connectivity index (χ4n) is 3.92. The van der Waals surface area contributed by atoms with E-state index in [1.54, 1.807) is 19.2 Å². The summed E-state index contributed by atoms with van der Waals surface area (Å²) >= 11 is 0. The molecule has 0 aliphatic carbocycles. The van der Waals surface area contributed by atoms with Gasteiger partial charge in [-0.15, -0.1) is 0 Å². The number of H-pyrrole nitrogens is 1. The van der Waals surface area contributed by atoms with Gasteiger partial charge in [-0.2, -0.15) is 0 Å². The summed E-state index contributed by atoms with van der Waals surface area (Å²) in [7, 11) is 1.57. The summed E-state index contributed by atoms with van der Waals surface area (Å²) in [6.07, 6.45) is 0.479. The lowest BCUT2D eigenvalue weighted by Gasteiger charge is -2.25. The Morgan fingerprint density at radius 2 is 1.71 bits per heavy atom. The summed E-state index contributed by atoms with van der Waals surface area (Å²) in [5.41, 5.74) is 6.21. The average molecular weight is 459 g/mol. The third kappa shape index (κ3) is 4.77. The molecule has 0 bridgehead atoms. The molecule has 0 fully saturated rings. The van der Waals surface area contributed by atoms with Crippen molar-refractivity contribution < 1.29 is 9.53 Å². The second-order valence-electron chi connectivity index (χ2n) is 7.93. The van der Waals surface area contributed by atoms with Gasteiger partial charge in [0.1, 0.15) is 5.82 Å². The van der Waals surface area contributed by atoms with E-state index in [0.717, 1.165) is 16.3 Å². The van der Waals surface area contributed by atoms with E-state index >= 15 is 0 Å². The molecule has 0 saturated heterocycles. The molecule has 0 atom stereocenters. The van der Waals surface area contributed by atoms with Crippen LogP contribution in [0.5, 0.6) is 0 Å². The Labute approximate surface area is 196 Å². The molecule has 174 valence electrons. The van der Waals surface area contributed by atoms with Gasteiger partial charge in [-0.05, 0) is 34.9 Å². The molecule has 34 heavy (non-hydrogen) atoms. The largest absolute Gasteiger partial charge is 0.385 e. The highest BCUT2D eigenvalue weighted by Gasteiger charge is 2.25. The standard InChI is InChI=1S/C26H26N4O4/c1-34-15-7-14-29(25(32)21-13-12-19-10-5-6-11-20(19)16-21)22-23(27)30(26(33)28-24(22)31)17-18-8-3-2-4-9-18/h2-6,8-13,16H,7,14-15,17,27H2,1H3,(H,28,31,33). The fraction of sp³-hybridized carbons (Fsp3) is 0.192. The van der Waals surface area contributed by atoms with Gasteiger partial charge in [0.25, 0.3) is 11.5 Å². The van der Waals surface area contributed by atoms with E-state index < -0.39 is 11.2 Å². The van der Waals surface area contributed by atoms with E-state index in [4.69, 9.17) is 10.5 Å². The number of methoxy groups -OCH3 is 1. The summed E-state index contributed by atoms with van der Waals surface area (Å²) in [5, 5.41) is 1.90. The normalized spacial score (nSPS) is 11.0. The lowest BCUT2D eigenvalue weighted by molar-refractivity contribution is 0.0983. The van der Waals surface area contributed by atoms with Crippen molar-refractivity contribution in [2.75, 3.05) is 30.9 Å². The Bertz CT molecular complexity index is 1430. The maximum atomic E-state index is 13.6. The molecule has 0 spiro atoms. The second-order valence-corrected chi connectivity index (χ2v) is 7.93. The molecule has 0 aliphatic rings. The number of rotatable bonds is 8. The minimum absolute atomic E-state index is 0.0511. The van der Waals surface area contributed by atoms with E-state index in [0.29, 0.717) is 18.6 Å². The highest BCUT2D eigenvalue weighted by Crippen LogP contribution is 2.23. The molecular formula is C26H26N4O4. The maximum Gasteiger partial charge on any atom is 0.330 e. The van der Waals surface area contributed by atoms with Crippen LogP contribution in [0.3, 0.4) is 0 Å². The lowest BCUT2D eigenvalue weighted by atomic mass is 10.1. The van der Waals surface area contributed by atoms with Crippen LogP contribution in [-0.2, 0) is 11.3 Å². The lowest BCUT2D eigenvalue weighted by Crippen LogP contribution is -2.42. The summed E-state index contributed by atoms with van der Waals surface area (Å²) < 4.78 is 6.41. The number of hydrogen-bond acceptors (Lipinski definition) is 5. The number of hydrogen-bond donors (Lipinski definition) is 2. The molecule has 4 aromatic rings. The van der Waals surface area contributed by atoms with Crippen molar-refractivity contribution >= 4 is 28.2 Å². The number of carbonyl (C=O) groups excluding carboxylic acids is 1. The van der Waals surface area contributed by atoms with Gasteiger partial charge in [-0.3, -0.25) is 19.1 Å². The zero-order valence-corrected chi connectivity index (χ0v) is 18.9. The number of ether oxygens (including phenoxy) is 1. The fourth-order valence-corrected chi connectivity index (χ4v) is 3.92. The van der Waals surface area contributed by atoms with Crippen molar-refractivity contribution in [2.45, 2.75) is 13.0 Å². The van der Waals surface area contributed by atoms with Gasteiger partial charge in [-0.25, -0.2) is 4.79 Å². The first-order chi connectivity index (χ1) is 16.5. The quantitative estimate of drug-likeness (QED) is 0.395. The first kappa shape index (κ1) is 23.0. The smallest absolute Gasteiger partial charge is 0.330 e. The molecule has 4 rings (SSSR count). The Morgan fingerprint density at radius 3 is 2.44 bits per heavy atom. The molecule has 1 heterocycles. The molecule has 0 unspecified atom stereocenters. The van der Waals surface area contributed by atoms with Crippen LogP contribution >= 0.6 is 0 Å². The number of nitrogens with zero attached hydrogens (tertiary/aromatic N) is 2. The first-order valence-electron chi connectivity index (χ1n) is 11.0. The van der Waals surface area contributed by atoms with Gasteiger partial charge in [0.05, 0.1) is 6.54 Å². The zero-order valence-electron chi connectivity index (χ0n) is 18.9. The van der Waals surface area contributed by atoms with Crippen LogP contribution in [0.2, 0.25) is 0 Å². The van der Waals surface area contributed by atoms with Gasteiger partial charge in [0.2, 0.25) is 0 Å². The number of anilines is 2. The predicted molar refractivity (Wildman–Crippen MR) is 133 cm³/mol. The number of nitrogens with one attached hydrogen (secondary N) is 1. The van der Waals surface area contributed by atoms with Crippen molar-refractivity contribution in [2.24, 2.45) is 0 Å². The van der Waals surface area contributed by atoms with Crippen LogP contribution in [0.1, 0.15) is 22.3 Å². The predicted octanol–water partition coefficient (Wildman–Crippen LogP) is 3.00. The summed E-state index contributed by atoms with van der Waals surface area (Å²) in [6.45, 7) is 0.741. The number of aromatic nitrogens is 2. The van der Waals surface area contributed by atoms with E-state index in [1.807, 2.05) is 60.7 Å². The monoisotopic (exact) mass is 458 g/mol. The number of fused-ring (bicyclic) bond motifs is 1. The van der Waals surface area contributed by atoms with E-state index in [1.165, 1.54) is 9.47 Å². The van der Waals surface area contributed by atoms with E-state index in [2.05, 4.69) is 4.98 Å². The average Bonchev–Trinajstić information content (AvgIpc) is 2.85. The highest BCUT2D eigenvalue weighted by atomic mass is 16.5. The molecule has 1 aromatic heterocycles. The topological polar surface area (TPSA) is 110 Å². The van der Waals surface area contributed by atoms with Gasteiger partial charge in [0, 0.05) is 25.8 Å². The maximum absolute atomic E-state index is 13.6. The summed E-state index contributed by atoms with van der Waals surface area (Å²) in [6, 6.07) is 22.3. The van der Waals surface area contributed by atoms with Crippen LogP contribution in [0.15, 0.2) is 82.4 Å². The van der Waals surface area contributed by atoms with Crippen molar-refractivity contribution in [3.8, 4) is 0 Å². The van der Waals surface area contributed by atoms with Crippen molar-refractivity contribution in [3.63, 3.8) is 0 Å². The summed E-state index contributed by atoms with van der Waals surface area (Å²) in [4.78, 5) is 42.8. The first-order valence-corrected chi connectivity index (χ1v) is 11.0. The number of nitrogen functional groups attached to an aromatic ring is 1. The number of amides is 1. The molecule has 3 N–H and O–H groups in total. The Kier molecular flexibility index (Phi) is 6.89. The van der Waals surface area contributed by atoms with Crippen LogP contribution in [0.25, 0.3) is 10.8 Å². The minimum atomic E-state index is -0.710. The molecule has 1 amide bonds. The minimum Gasteiger partial charge on any atom is -0.385 e. The Morgan fingerprint density at radius 1 is 1.00 bits per heavy atom.